The maximum Gasteiger partial charge on any atom is 0.416 e. The molecule has 22 rings (SSSR count). The molecule has 22 aromatic rings. The third-order valence-electron chi connectivity index (χ3n) is 26.3. The lowest BCUT2D eigenvalue weighted by atomic mass is 9.94. The molecule has 0 N–H and O–H groups in total. The summed E-state index contributed by atoms with van der Waals surface area (Å²) in [6, 6.07) is 127. The molecule has 0 saturated carbocycles. The Labute approximate surface area is 761 Å². The molecule has 0 aliphatic carbocycles. The number of nitriles is 4. The van der Waals surface area contributed by atoms with E-state index in [0.717, 1.165) is 190 Å². The van der Waals surface area contributed by atoms with Crippen molar-refractivity contribution in [3.63, 3.8) is 0 Å². The number of aromatic nitrogens is 4. The first kappa shape index (κ1) is 81.5. The summed E-state index contributed by atoms with van der Waals surface area (Å²) >= 11 is 0. The first-order valence-electron chi connectivity index (χ1n) is 43.7. The lowest BCUT2D eigenvalue weighted by molar-refractivity contribution is -0.138. The van der Waals surface area contributed by atoms with E-state index in [2.05, 4.69) is 277 Å². The lowest BCUT2D eigenvalue weighted by Gasteiger charge is -2.21. The molecular formula is C119H74F6N8. The van der Waals surface area contributed by atoms with Crippen molar-refractivity contribution in [3.8, 4) is 136 Å². The van der Waals surface area contributed by atoms with Crippen LogP contribution in [0.1, 0.15) is 66.8 Å². The van der Waals surface area contributed by atoms with Crippen LogP contribution in [0, 0.1) is 73.0 Å². The highest BCUT2D eigenvalue weighted by Crippen LogP contribution is 2.50. The molecule has 4 aromatic heterocycles. The first-order valence-corrected chi connectivity index (χ1v) is 43.7. The number of para-hydroxylation sites is 2. The Hall–Kier alpha value is -17.3. The Kier molecular flexibility index (Phi) is 19.5. The minimum absolute atomic E-state index is 0.0962. The van der Waals surface area contributed by atoms with Crippen molar-refractivity contribution >= 4 is 87.2 Å². The molecule has 0 aliphatic heterocycles. The van der Waals surface area contributed by atoms with Gasteiger partial charge in [-0.3, -0.25) is 0 Å². The fourth-order valence-corrected chi connectivity index (χ4v) is 19.6. The Bertz CT molecular complexity index is 8690. The number of fused-ring (bicyclic) bond motifs is 12. The molecule has 0 saturated heterocycles. The van der Waals surface area contributed by atoms with E-state index in [1.165, 1.54) is 12.1 Å². The molecule has 0 atom stereocenters. The number of hydrogen-bond acceptors (Lipinski definition) is 4. The van der Waals surface area contributed by atoms with Crippen LogP contribution in [0.25, 0.3) is 199 Å². The van der Waals surface area contributed by atoms with Gasteiger partial charge in [-0.05, 0) is 232 Å². The number of benzene rings is 18. The van der Waals surface area contributed by atoms with E-state index in [-0.39, 0.29) is 33.4 Å². The normalized spacial score (nSPS) is 11.8. The molecule has 8 nitrogen and oxygen atoms in total. The minimum atomic E-state index is -4.84. The summed E-state index contributed by atoms with van der Waals surface area (Å²) in [4.78, 5) is 0. The predicted molar refractivity (Wildman–Crippen MR) is 524 cm³/mol. The van der Waals surface area contributed by atoms with Crippen LogP contribution in [0.5, 0.6) is 0 Å². The predicted octanol–water partition coefficient (Wildman–Crippen LogP) is 31.8. The van der Waals surface area contributed by atoms with Crippen LogP contribution in [0.4, 0.5) is 26.3 Å². The van der Waals surface area contributed by atoms with Gasteiger partial charge < -0.3 is 18.3 Å². The van der Waals surface area contributed by atoms with Crippen LogP contribution in [0.2, 0.25) is 0 Å². The maximum atomic E-state index is 15.4. The summed E-state index contributed by atoms with van der Waals surface area (Å²) in [5.41, 5.74) is 24.3. The van der Waals surface area contributed by atoms with Crippen LogP contribution < -0.4 is 0 Å². The zero-order valence-corrected chi connectivity index (χ0v) is 72.2. The summed E-state index contributed by atoms with van der Waals surface area (Å²) in [6.45, 7) is 8.18. The number of hydrogen-bond donors (Lipinski definition) is 0. The maximum absolute atomic E-state index is 15.4. The highest BCUT2D eigenvalue weighted by atomic mass is 19.4. The molecule has 632 valence electrons. The number of alkyl halides is 6. The van der Waals surface area contributed by atoms with Gasteiger partial charge in [0.15, 0.2) is 0 Å². The zero-order valence-electron chi connectivity index (χ0n) is 72.2. The van der Waals surface area contributed by atoms with Crippen molar-refractivity contribution in [1.29, 1.82) is 21.0 Å². The van der Waals surface area contributed by atoms with E-state index >= 15 is 26.3 Å². The Morgan fingerprint density at radius 1 is 0.226 bits per heavy atom. The molecule has 0 unspecified atom stereocenters. The van der Waals surface area contributed by atoms with Gasteiger partial charge in [0.25, 0.3) is 0 Å². The van der Waals surface area contributed by atoms with Gasteiger partial charge in [0, 0.05) is 54.2 Å². The second-order valence-electron chi connectivity index (χ2n) is 34.6. The highest BCUT2D eigenvalue weighted by molar-refractivity contribution is 6.16. The summed E-state index contributed by atoms with van der Waals surface area (Å²) < 4.78 is 99.4. The molecule has 0 radical (unpaired) electrons. The largest absolute Gasteiger partial charge is 0.416 e. The molecule has 0 spiro atoms. The standard InChI is InChI=1S/C119H74F6N8/c1-70-13-25-78(26-14-70)84-41-49-108-102(60-84)96-9-5-7-11-106(96)130(108)110-51-47-94(90-54-76(66-126)56-92(58-90)118(120,121)122)116(104(110)68-128)132-107-12-8-6-10-97(107)103-61-85(42-50-109(103)132)82-33-21-74(22-34-82)53-75-23-35-83(36-24-75)89-40-46-101-100-45-39-88(81-31-19-73(4)20-32-81)64-114(100)133(115(101)65-89)117-95(91-55-77(67-127)57-93(59-91)119(123,124)125)48-52-111(105(117)69-129)131-112-62-86(79-27-15-71(2)16-28-79)37-43-98(112)99-44-38-87(63-113(99)131)80-29-17-72(3)18-30-80/h5-52,54-65H,53H2,1-4H3. The molecular weight excluding hydrogens is 1660 g/mol. The van der Waals surface area contributed by atoms with E-state index in [0.29, 0.717) is 62.4 Å². The molecule has 18 aromatic carbocycles. The second-order valence-corrected chi connectivity index (χ2v) is 34.6. The summed E-state index contributed by atoms with van der Waals surface area (Å²) in [5, 5.41) is 52.4. The number of nitrogens with zero attached hydrogens (tertiary/aromatic N) is 8. The fourth-order valence-electron chi connectivity index (χ4n) is 19.6. The van der Waals surface area contributed by atoms with Crippen LogP contribution in [0.3, 0.4) is 0 Å². The highest BCUT2D eigenvalue weighted by Gasteiger charge is 2.36. The monoisotopic (exact) mass is 1730 g/mol. The van der Waals surface area contributed by atoms with Crippen molar-refractivity contribution in [2.45, 2.75) is 46.5 Å². The minimum Gasteiger partial charge on any atom is -0.308 e. The van der Waals surface area contributed by atoms with Gasteiger partial charge in [-0.15, -0.1) is 0 Å². The Morgan fingerprint density at radius 3 is 0.835 bits per heavy atom. The summed E-state index contributed by atoms with van der Waals surface area (Å²) in [6.07, 6.45) is -9.07. The molecule has 133 heavy (non-hydrogen) atoms. The average molecular weight is 1730 g/mol. The molecule has 0 amide bonds. The van der Waals surface area contributed by atoms with Crippen LogP contribution >= 0.6 is 0 Å². The number of halogens is 6. The van der Waals surface area contributed by atoms with Crippen molar-refractivity contribution in [1.82, 2.24) is 18.3 Å². The van der Waals surface area contributed by atoms with Crippen LogP contribution in [0.15, 0.2) is 364 Å². The molecule has 14 heteroatoms. The lowest BCUT2D eigenvalue weighted by Crippen LogP contribution is -2.08. The third kappa shape index (κ3) is 14.2. The number of rotatable bonds is 14. The van der Waals surface area contributed by atoms with E-state index in [9.17, 15) is 21.0 Å². The molecule has 0 fully saturated rings. The Morgan fingerprint density at radius 2 is 0.496 bits per heavy atom. The van der Waals surface area contributed by atoms with Crippen molar-refractivity contribution in [3.05, 3.63) is 431 Å². The van der Waals surface area contributed by atoms with Gasteiger partial charge in [-0.25, -0.2) is 0 Å². The quantitative estimate of drug-likeness (QED) is 0.101. The van der Waals surface area contributed by atoms with Crippen LogP contribution in [-0.4, -0.2) is 18.3 Å². The zero-order chi connectivity index (χ0) is 91.0. The van der Waals surface area contributed by atoms with Gasteiger partial charge in [-0.2, -0.15) is 47.4 Å². The van der Waals surface area contributed by atoms with Crippen molar-refractivity contribution in [2.24, 2.45) is 0 Å². The van der Waals surface area contributed by atoms with Gasteiger partial charge in [0.2, 0.25) is 0 Å². The molecule has 0 bridgehead atoms. The van der Waals surface area contributed by atoms with Crippen LogP contribution in [-0.2, 0) is 18.8 Å². The fraction of sp³-hybridized carbons (Fsp3) is 0.0588. The SMILES string of the molecule is Cc1ccc(-c2ccc3c(c2)c2ccccc2n3-c2ccc(-c3cc(C#N)cc(C(F)(F)F)c3)c(-n3c4ccccc4c4cc(-c5ccc(Cc6ccc(-c7ccc8c9ccc(-c%10ccc(C)cc%10)cc9n(-c9c(-c%10cc(C#N)cc(C(F)(F)F)c%10)ccc(-n%10c%11cc(-c%12ccc(C)cc%12)ccc%11c%11ccc(-c%12ccc(C)cc%12)cc%11%10)c9C#N)c8c7)cc6)cc5)ccc43)c2C#N)cc1. The van der Waals surface area contributed by atoms with E-state index in [1.54, 1.807) is 18.2 Å². The molecule has 4 heterocycles. The van der Waals surface area contributed by atoms with E-state index in [1.807, 2.05) is 103 Å². The van der Waals surface area contributed by atoms with Gasteiger partial charge in [-0.1, -0.05) is 277 Å². The first-order chi connectivity index (χ1) is 64.6. The third-order valence-corrected chi connectivity index (χ3v) is 26.3. The average Bonchev–Trinajstić information content (AvgIpc) is 1.57. The van der Waals surface area contributed by atoms with Gasteiger partial charge in [0.05, 0.1) is 101 Å². The van der Waals surface area contributed by atoms with Crippen molar-refractivity contribution in [2.75, 3.05) is 0 Å². The van der Waals surface area contributed by atoms with Crippen molar-refractivity contribution < 1.29 is 26.3 Å². The number of aryl methyl sites for hydroxylation is 4. The summed E-state index contributed by atoms with van der Waals surface area (Å²) in [7, 11) is 0. The molecule has 0 aliphatic rings. The van der Waals surface area contributed by atoms with E-state index in [4.69, 9.17) is 0 Å². The van der Waals surface area contributed by atoms with Gasteiger partial charge >= 0.3 is 12.4 Å². The smallest absolute Gasteiger partial charge is 0.308 e. The second kappa shape index (κ2) is 31.9. The topological polar surface area (TPSA) is 115 Å². The summed E-state index contributed by atoms with van der Waals surface area (Å²) in [5.74, 6) is 0. The van der Waals surface area contributed by atoms with E-state index < -0.39 is 23.5 Å². The Balaban J connectivity index is 0.656. The van der Waals surface area contributed by atoms with Gasteiger partial charge in [0.1, 0.15) is 23.3 Å².